The number of amides is 1. The maximum Gasteiger partial charge on any atom is 0.256 e. The Hall–Kier alpha value is -3.49. The molecule has 0 atom stereocenters. The zero-order chi connectivity index (χ0) is 19.1. The lowest BCUT2D eigenvalue weighted by molar-refractivity contribution is 0.0952. The summed E-state index contributed by atoms with van der Waals surface area (Å²) >= 11 is 0. The second-order valence-corrected chi connectivity index (χ2v) is 6.77. The van der Waals surface area contributed by atoms with Crippen LogP contribution in [0.5, 0.6) is 11.5 Å². The Morgan fingerprint density at radius 3 is 2.93 bits per heavy atom. The van der Waals surface area contributed by atoms with Crippen molar-refractivity contribution >= 4 is 28.9 Å². The molecule has 1 aliphatic heterocycles. The molecule has 0 spiro atoms. The van der Waals surface area contributed by atoms with Gasteiger partial charge in [0, 0.05) is 19.2 Å². The molecule has 1 aromatic carbocycles. The average Bonchev–Trinajstić information content (AvgIpc) is 3.43. The van der Waals surface area contributed by atoms with Crippen LogP contribution >= 0.6 is 0 Å². The summed E-state index contributed by atoms with van der Waals surface area (Å²) in [6.45, 7) is 1.02. The third kappa shape index (κ3) is 2.94. The van der Waals surface area contributed by atoms with Crippen molar-refractivity contribution in [2.75, 3.05) is 30.9 Å². The van der Waals surface area contributed by atoms with Crippen LogP contribution < -0.4 is 25.4 Å². The number of hydrogen-bond donors (Lipinski definition) is 3. The first-order chi connectivity index (χ1) is 13.7. The topological polar surface area (TPSA) is 102 Å². The molecule has 5 rings (SSSR count). The number of para-hydroxylation sites is 1. The van der Waals surface area contributed by atoms with E-state index in [1.165, 1.54) is 0 Å². The summed E-state index contributed by atoms with van der Waals surface area (Å²) in [5, 5.41) is 13.7. The van der Waals surface area contributed by atoms with Crippen molar-refractivity contribution < 1.29 is 14.3 Å². The van der Waals surface area contributed by atoms with Crippen molar-refractivity contribution in [1.29, 1.82) is 0 Å². The van der Waals surface area contributed by atoms with Gasteiger partial charge in [0.05, 0.1) is 11.9 Å². The van der Waals surface area contributed by atoms with Crippen LogP contribution in [0.1, 0.15) is 23.2 Å². The van der Waals surface area contributed by atoms with E-state index in [9.17, 15) is 4.79 Å². The number of hydrogen-bond acceptors (Lipinski definition) is 7. The molecule has 0 saturated heterocycles. The summed E-state index contributed by atoms with van der Waals surface area (Å²) in [6.07, 6.45) is 3.59. The highest BCUT2D eigenvalue weighted by molar-refractivity contribution is 6.00. The molecule has 2 aliphatic rings. The zero-order valence-corrected chi connectivity index (χ0v) is 15.4. The fourth-order valence-electron chi connectivity index (χ4n) is 3.17. The first-order valence-electron chi connectivity index (χ1n) is 9.26. The Labute approximate surface area is 161 Å². The minimum Gasteiger partial charge on any atom is -0.486 e. The molecule has 1 saturated carbocycles. The van der Waals surface area contributed by atoms with Crippen molar-refractivity contribution in [3.63, 3.8) is 0 Å². The van der Waals surface area contributed by atoms with Gasteiger partial charge >= 0.3 is 0 Å². The Kier molecular flexibility index (Phi) is 3.92. The highest BCUT2D eigenvalue weighted by atomic mass is 16.6. The number of aromatic nitrogens is 3. The van der Waals surface area contributed by atoms with Gasteiger partial charge < -0.3 is 25.4 Å². The molecule has 3 aromatic rings. The molecule has 1 amide bonds. The van der Waals surface area contributed by atoms with Crippen molar-refractivity contribution in [1.82, 2.24) is 19.9 Å². The second-order valence-electron chi connectivity index (χ2n) is 6.77. The number of fused-ring (bicyclic) bond motifs is 2. The molecule has 3 heterocycles. The van der Waals surface area contributed by atoms with Gasteiger partial charge in [0.15, 0.2) is 17.1 Å². The van der Waals surface area contributed by atoms with Crippen molar-refractivity contribution in [2.45, 2.75) is 18.9 Å². The lowest BCUT2D eigenvalue weighted by atomic mass is 10.2. The standard InChI is InChI=1S/C19H20N6O3/c1-20-16-9-15(23-13-3-2-4-14-17(13)28-8-7-27-14)24-18-12(10-21-25(16)18)19(26)22-11-5-6-11/h2-4,9-11,20H,5-8H2,1H3,(H,22,26)(H,23,24). The van der Waals surface area contributed by atoms with Gasteiger partial charge in [-0.05, 0) is 25.0 Å². The van der Waals surface area contributed by atoms with E-state index >= 15 is 0 Å². The molecular formula is C19H20N6O3. The number of carbonyl (C=O) groups excluding carboxylic acids is 1. The molecule has 0 radical (unpaired) electrons. The number of rotatable bonds is 5. The highest BCUT2D eigenvalue weighted by Gasteiger charge is 2.26. The first kappa shape index (κ1) is 16.7. The summed E-state index contributed by atoms with van der Waals surface area (Å²) in [6, 6.07) is 7.75. The molecule has 2 aromatic heterocycles. The fraction of sp³-hybridized carbons (Fsp3) is 0.316. The van der Waals surface area contributed by atoms with Crippen LogP contribution in [0.4, 0.5) is 17.3 Å². The number of carbonyl (C=O) groups is 1. The van der Waals surface area contributed by atoms with Gasteiger partial charge in [0.1, 0.15) is 30.4 Å². The van der Waals surface area contributed by atoms with Gasteiger partial charge in [-0.15, -0.1) is 0 Å². The smallest absolute Gasteiger partial charge is 0.256 e. The van der Waals surface area contributed by atoms with Crippen LogP contribution in [0.25, 0.3) is 5.65 Å². The van der Waals surface area contributed by atoms with E-state index in [4.69, 9.17) is 9.47 Å². The summed E-state index contributed by atoms with van der Waals surface area (Å²) in [4.78, 5) is 17.2. The minimum absolute atomic E-state index is 0.155. The predicted molar refractivity (Wildman–Crippen MR) is 104 cm³/mol. The minimum atomic E-state index is -0.155. The van der Waals surface area contributed by atoms with Crippen LogP contribution in [0.15, 0.2) is 30.5 Å². The van der Waals surface area contributed by atoms with Gasteiger partial charge in [-0.1, -0.05) is 6.07 Å². The van der Waals surface area contributed by atoms with E-state index < -0.39 is 0 Å². The van der Waals surface area contributed by atoms with Crippen LogP contribution in [-0.2, 0) is 0 Å². The van der Waals surface area contributed by atoms with Gasteiger partial charge in [0.25, 0.3) is 5.91 Å². The van der Waals surface area contributed by atoms with E-state index in [1.54, 1.807) is 17.8 Å². The molecule has 28 heavy (non-hydrogen) atoms. The highest BCUT2D eigenvalue weighted by Crippen LogP contribution is 2.38. The largest absolute Gasteiger partial charge is 0.486 e. The molecule has 9 heteroatoms. The lowest BCUT2D eigenvalue weighted by Crippen LogP contribution is -2.25. The third-order valence-electron chi connectivity index (χ3n) is 4.71. The van der Waals surface area contributed by atoms with Crippen molar-refractivity contribution in [3.8, 4) is 11.5 Å². The second kappa shape index (κ2) is 6.59. The number of nitrogens with zero attached hydrogens (tertiary/aromatic N) is 3. The predicted octanol–water partition coefficient (Wildman–Crippen LogP) is 2.18. The SMILES string of the molecule is CNc1cc(Nc2cccc3c2OCCO3)nc2c(C(=O)NC3CC3)cnn12. The van der Waals surface area contributed by atoms with E-state index in [0.717, 1.165) is 18.5 Å². The molecule has 3 N–H and O–H groups in total. The Balaban J connectivity index is 1.53. The van der Waals surface area contributed by atoms with E-state index in [0.29, 0.717) is 47.6 Å². The summed E-state index contributed by atoms with van der Waals surface area (Å²) in [5.74, 6) is 2.47. The van der Waals surface area contributed by atoms with Crippen LogP contribution in [0.3, 0.4) is 0 Å². The van der Waals surface area contributed by atoms with Gasteiger partial charge in [-0.3, -0.25) is 4.79 Å². The molecule has 144 valence electrons. The number of benzene rings is 1. The maximum absolute atomic E-state index is 12.5. The first-order valence-corrected chi connectivity index (χ1v) is 9.26. The van der Waals surface area contributed by atoms with Crippen LogP contribution in [0, 0.1) is 0 Å². The van der Waals surface area contributed by atoms with Crippen LogP contribution in [-0.4, -0.2) is 46.8 Å². The van der Waals surface area contributed by atoms with Gasteiger partial charge in [-0.2, -0.15) is 9.61 Å². The summed E-state index contributed by atoms with van der Waals surface area (Å²) in [7, 11) is 1.80. The Bertz CT molecular complexity index is 1060. The molecule has 1 aliphatic carbocycles. The molecule has 0 unspecified atom stereocenters. The zero-order valence-electron chi connectivity index (χ0n) is 15.4. The quantitative estimate of drug-likeness (QED) is 0.623. The van der Waals surface area contributed by atoms with Crippen molar-refractivity contribution in [3.05, 3.63) is 36.0 Å². The Morgan fingerprint density at radius 2 is 2.11 bits per heavy atom. The molecule has 0 bridgehead atoms. The van der Waals surface area contributed by atoms with Gasteiger partial charge in [-0.25, -0.2) is 4.98 Å². The average molecular weight is 380 g/mol. The molecular weight excluding hydrogens is 360 g/mol. The summed E-state index contributed by atoms with van der Waals surface area (Å²) in [5.41, 5.74) is 1.68. The van der Waals surface area contributed by atoms with E-state index in [-0.39, 0.29) is 11.9 Å². The summed E-state index contributed by atoms with van der Waals surface area (Å²) < 4.78 is 13.0. The molecule has 1 fully saturated rings. The Morgan fingerprint density at radius 1 is 1.25 bits per heavy atom. The van der Waals surface area contributed by atoms with E-state index in [2.05, 4.69) is 26.0 Å². The third-order valence-corrected chi connectivity index (χ3v) is 4.71. The normalized spacial score (nSPS) is 15.3. The lowest BCUT2D eigenvalue weighted by Gasteiger charge is -2.21. The fourth-order valence-corrected chi connectivity index (χ4v) is 3.17. The van der Waals surface area contributed by atoms with Gasteiger partial charge in [0.2, 0.25) is 0 Å². The number of ether oxygens (including phenoxy) is 2. The van der Waals surface area contributed by atoms with E-state index in [1.807, 2.05) is 24.3 Å². The molecule has 9 nitrogen and oxygen atoms in total. The number of nitrogens with one attached hydrogen (secondary N) is 3. The maximum atomic E-state index is 12.5. The van der Waals surface area contributed by atoms with Crippen LogP contribution in [0.2, 0.25) is 0 Å². The number of anilines is 3. The monoisotopic (exact) mass is 380 g/mol. The van der Waals surface area contributed by atoms with Crippen molar-refractivity contribution in [2.24, 2.45) is 0 Å².